The van der Waals surface area contributed by atoms with Crippen molar-refractivity contribution in [1.29, 1.82) is 0 Å². The molecule has 1 atom stereocenters. The number of nitrogens with zero attached hydrogens (tertiary/aromatic N) is 2. The Morgan fingerprint density at radius 1 is 1.08 bits per heavy atom. The molecule has 9 nitrogen and oxygen atoms in total. The smallest absolute Gasteiger partial charge is 0.243 e. The van der Waals surface area contributed by atoms with E-state index < -0.39 is 21.6 Å². The van der Waals surface area contributed by atoms with Crippen molar-refractivity contribution in [3.63, 3.8) is 0 Å². The number of rotatable bonds is 13. The SMILES string of the molecule is CC[C@H](C(=O)NC(C)(C)C)N(Cc1cccc(OC)c1)C(=O)CCCN(c1ccc(OC)c(Cl)c1)S(C)(=O)=O. The summed E-state index contributed by atoms with van der Waals surface area (Å²) in [5, 5.41) is 3.25. The average molecular weight is 582 g/mol. The lowest BCUT2D eigenvalue weighted by molar-refractivity contribution is -0.142. The van der Waals surface area contributed by atoms with Gasteiger partial charge in [-0.1, -0.05) is 30.7 Å². The molecule has 11 heteroatoms. The quantitative estimate of drug-likeness (QED) is 0.370. The lowest BCUT2D eigenvalue weighted by Gasteiger charge is -2.33. The van der Waals surface area contributed by atoms with Gasteiger partial charge in [0.2, 0.25) is 21.8 Å². The Labute approximate surface area is 237 Å². The number of ether oxygens (including phenoxy) is 2. The van der Waals surface area contributed by atoms with Crippen molar-refractivity contribution in [3.8, 4) is 11.5 Å². The van der Waals surface area contributed by atoms with Gasteiger partial charge in [-0.2, -0.15) is 0 Å². The first kappa shape index (κ1) is 32.2. The van der Waals surface area contributed by atoms with Gasteiger partial charge in [-0.25, -0.2) is 8.42 Å². The van der Waals surface area contributed by atoms with Crippen LogP contribution in [0.3, 0.4) is 0 Å². The summed E-state index contributed by atoms with van der Waals surface area (Å²) < 4.78 is 36.8. The van der Waals surface area contributed by atoms with E-state index in [0.717, 1.165) is 11.8 Å². The molecule has 0 aliphatic carbocycles. The molecule has 0 bridgehead atoms. The number of anilines is 1. The molecule has 0 spiro atoms. The van der Waals surface area contributed by atoms with Crippen LogP contribution in [-0.4, -0.2) is 63.7 Å². The van der Waals surface area contributed by atoms with Crippen molar-refractivity contribution in [1.82, 2.24) is 10.2 Å². The number of amides is 2. The maximum Gasteiger partial charge on any atom is 0.243 e. The molecule has 2 rings (SSSR count). The standard InChI is InChI=1S/C28H40ClN3O6S/c1-8-24(27(34)30-28(2,3)4)31(19-20-11-9-12-22(17-20)37-5)26(33)13-10-16-32(39(7,35)36)21-14-15-25(38-6)23(29)18-21/h9,11-12,14-15,17-18,24H,8,10,13,16,19H2,1-7H3,(H,30,34)/t24-/m1/s1. The fourth-order valence-corrected chi connectivity index (χ4v) is 5.36. The second kappa shape index (κ2) is 13.9. The van der Waals surface area contributed by atoms with E-state index in [9.17, 15) is 18.0 Å². The maximum atomic E-state index is 13.6. The van der Waals surface area contributed by atoms with Gasteiger partial charge in [-0.15, -0.1) is 0 Å². The summed E-state index contributed by atoms with van der Waals surface area (Å²) in [5.74, 6) is 0.576. The van der Waals surface area contributed by atoms with Crippen LogP contribution in [0.5, 0.6) is 11.5 Å². The zero-order valence-electron chi connectivity index (χ0n) is 23.8. The molecule has 2 amide bonds. The van der Waals surface area contributed by atoms with Crippen LogP contribution in [0.4, 0.5) is 5.69 Å². The monoisotopic (exact) mass is 581 g/mol. The van der Waals surface area contributed by atoms with Crippen molar-refractivity contribution >= 4 is 39.1 Å². The van der Waals surface area contributed by atoms with Crippen LogP contribution in [0.15, 0.2) is 42.5 Å². The molecule has 0 aromatic heterocycles. The third-order valence-corrected chi connectivity index (χ3v) is 7.44. The van der Waals surface area contributed by atoms with Gasteiger partial charge in [0, 0.05) is 25.0 Å². The van der Waals surface area contributed by atoms with E-state index in [0.29, 0.717) is 23.6 Å². The van der Waals surface area contributed by atoms with Gasteiger partial charge < -0.3 is 19.7 Å². The van der Waals surface area contributed by atoms with Gasteiger partial charge in [0.25, 0.3) is 0 Å². The molecule has 0 saturated heterocycles. The molecule has 0 fully saturated rings. The highest BCUT2D eigenvalue weighted by Gasteiger charge is 2.31. The van der Waals surface area contributed by atoms with Crippen molar-refractivity contribution < 1.29 is 27.5 Å². The zero-order valence-corrected chi connectivity index (χ0v) is 25.4. The minimum atomic E-state index is -3.65. The van der Waals surface area contributed by atoms with Crippen LogP contribution >= 0.6 is 11.6 Å². The third kappa shape index (κ3) is 9.61. The topological polar surface area (TPSA) is 105 Å². The van der Waals surface area contributed by atoms with E-state index in [1.165, 1.54) is 17.5 Å². The van der Waals surface area contributed by atoms with Gasteiger partial charge in [0.15, 0.2) is 0 Å². The van der Waals surface area contributed by atoms with Crippen molar-refractivity contribution in [2.24, 2.45) is 0 Å². The Bertz CT molecular complexity index is 1250. The van der Waals surface area contributed by atoms with E-state index in [1.54, 1.807) is 24.1 Å². The van der Waals surface area contributed by atoms with Gasteiger partial charge in [0.1, 0.15) is 17.5 Å². The normalized spacial score (nSPS) is 12.4. The lowest BCUT2D eigenvalue weighted by atomic mass is 10.0. The average Bonchev–Trinajstić information content (AvgIpc) is 2.84. The van der Waals surface area contributed by atoms with Crippen LogP contribution in [0, 0.1) is 0 Å². The van der Waals surface area contributed by atoms with Crippen LogP contribution in [-0.2, 0) is 26.2 Å². The molecule has 0 heterocycles. The Morgan fingerprint density at radius 3 is 2.31 bits per heavy atom. The number of sulfonamides is 1. The number of carbonyl (C=O) groups is 2. The molecule has 0 aliphatic heterocycles. The largest absolute Gasteiger partial charge is 0.497 e. The van der Waals surface area contributed by atoms with Gasteiger partial charge in [-0.05, 0) is 69.5 Å². The van der Waals surface area contributed by atoms with Crippen LogP contribution in [0.1, 0.15) is 52.5 Å². The molecule has 2 aromatic rings. The highest BCUT2D eigenvalue weighted by molar-refractivity contribution is 7.92. The summed E-state index contributed by atoms with van der Waals surface area (Å²) in [7, 11) is -0.610. The Morgan fingerprint density at radius 2 is 1.77 bits per heavy atom. The summed E-state index contributed by atoms with van der Waals surface area (Å²) in [6.45, 7) is 7.78. The summed E-state index contributed by atoms with van der Waals surface area (Å²) in [4.78, 5) is 28.3. The van der Waals surface area contributed by atoms with Crippen LogP contribution < -0.4 is 19.1 Å². The number of nitrogens with one attached hydrogen (secondary N) is 1. The molecule has 216 valence electrons. The fraction of sp³-hybridized carbons (Fsp3) is 0.500. The van der Waals surface area contributed by atoms with Crippen LogP contribution in [0.2, 0.25) is 5.02 Å². The fourth-order valence-electron chi connectivity index (χ4n) is 4.15. The molecule has 0 saturated carbocycles. The van der Waals surface area contributed by atoms with E-state index in [-0.39, 0.29) is 42.8 Å². The summed E-state index contributed by atoms with van der Waals surface area (Å²) in [6.07, 6.45) is 1.80. The van der Waals surface area contributed by atoms with Crippen molar-refractivity contribution in [2.45, 2.75) is 65.1 Å². The van der Waals surface area contributed by atoms with Gasteiger partial charge in [0.05, 0.1) is 31.2 Å². The highest BCUT2D eigenvalue weighted by atomic mass is 35.5. The molecular formula is C28H40ClN3O6S. The summed E-state index contributed by atoms with van der Waals surface area (Å²) >= 11 is 6.22. The van der Waals surface area contributed by atoms with E-state index in [4.69, 9.17) is 21.1 Å². The lowest BCUT2D eigenvalue weighted by Crippen LogP contribution is -2.53. The number of methoxy groups -OCH3 is 2. The zero-order chi connectivity index (χ0) is 29.4. The van der Waals surface area contributed by atoms with E-state index in [2.05, 4.69) is 5.32 Å². The van der Waals surface area contributed by atoms with E-state index >= 15 is 0 Å². The Balaban J connectivity index is 2.28. The molecule has 39 heavy (non-hydrogen) atoms. The summed E-state index contributed by atoms with van der Waals surface area (Å²) in [6, 6.07) is 11.4. The molecule has 0 aliphatic rings. The molecular weight excluding hydrogens is 542 g/mol. The first-order valence-electron chi connectivity index (χ1n) is 12.8. The highest BCUT2D eigenvalue weighted by Crippen LogP contribution is 2.30. The number of carbonyl (C=O) groups excluding carboxylic acids is 2. The number of hydrogen-bond acceptors (Lipinski definition) is 6. The summed E-state index contributed by atoms with van der Waals surface area (Å²) in [5.41, 5.74) is 0.723. The Kier molecular flexibility index (Phi) is 11.5. The predicted molar refractivity (Wildman–Crippen MR) is 155 cm³/mol. The predicted octanol–water partition coefficient (Wildman–Crippen LogP) is 4.63. The maximum absolute atomic E-state index is 13.6. The minimum absolute atomic E-state index is 0.0408. The number of benzene rings is 2. The molecule has 1 N–H and O–H groups in total. The first-order valence-corrected chi connectivity index (χ1v) is 15.0. The molecule has 2 aromatic carbocycles. The second-order valence-electron chi connectivity index (χ2n) is 10.3. The Hall–Kier alpha value is -2.98. The minimum Gasteiger partial charge on any atom is -0.497 e. The first-order chi connectivity index (χ1) is 18.2. The van der Waals surface area contributed by atoms with Crippen LogP contribution in [0.25, 0.3) is 0 Å². The van der Waals surface area contributed by atoms with Crippen molar-refractivity contribution in [3.05, 3.63) is 53.1 Å². The molecule has 0 radical (unpaired) electrons. The third-order valence-electron chi connectivity index (χ3n) is 5.95. The van der Waals surface area contributed by atoms with Crippen molar-refractivity contribution in [2.75, 3.05) is 31.3 Å². The van der Waals surface area contributed by atoms with Gasteiger partial charge in [-0.3, -0.25) is 13.9 Å². The second-order valence-corrected chi connectivity index (χ2v) is 12.6. The number of halogens is 1. The molecule has 0 unspecified atom stereocenters. The van der Waals surface area contributed by atoms with Gasteiger partial charge >= 0.3 is 0 Å². The number of hydrogen-bond donors (Lipinski definition) is 1. The van der Waals surface area contributed by atoms with E-state index in [1.807, 2.05) is 52.0 Å².